The second-order valence-corrected chi connectivity index (χ2v) is 3.71. The van der Waals surface area contributed by atoms with Crippen LogP contribution in [0.3, 0.4) is 0 Å². The number of carbonyl (C=O) groups is 2. The molecule has 0 rings (SSSR count). The van der Waals surface area contributed by atoms with Gasteiger partial charge in [0.15, 0.2) is 6.10 Å². The summed E-state index contributed by atoms with van der Waals surface area (Å²) in [6, 6.07) is 0. The minimum atomic E-state index is -1.63. The van der Waals surface area contributed by atoms with Crippen LogP contribution in [0.15, 0.2) is 0 Å². The zero-order valence-electron chi connectivity index (χ0n) is 9.81. The third-order valence-electron chi connectivity index (χ3n) is 2.25. The maximum absolute atomic E-state index is 11.5. The van der Waals surface area contributed by atoms with Gasteiger partial charge in [-0.05, 0) is 12.8 Å². The maximum Gasteiger partial charge on any atom is 0.345 e. The van der Waals surface area contributed by atoms with Gasteiger partial charge in [0.1, 0.15) is 0 Å². The van der Waals surface area contributed by atoms with Gasteiger partial charge in [0.25, 0.3) is 0 Å². The SMILES string of the molecule is CCCC(CCC)C(=O)OC(=O)C(O)CO. The van der Waals surface area contributed by atoms with Crippen molar-refractivity contribution in [1.29, 1.82) is 0 Å². The molecule has 94 valence electrons. The fraction of sp³-hybridized carbons (Fsp3) is 0.818. The summed E-state index contributed by atoms with van der Waals surface area (Å²) in [5.74, 6) is -1.99. The van der Waals surface area contributed by atoms with Crippen LogP contribution in [0.1, 0.15) is 39.5 Å². The normalized spacial score (nSPS) is 12.6. The first-order chi connectivity index (χ1) is 7.56. The van der Waals surface area contributed by atoms with E-state index in [-0.39, 0.29) is 5.92 Å². The van der Waals surface area contributed by atoms with Crippen molar-refractivity contribution in [3.63, 3.8) is 0 Å². The molecule has 2 N–H and O–H groups in total. The average Bonchev–Trinajstić information content (AvgIpc) is 2.27. The molecule has 5 nitrogen and oxygen atoms in total. The fourth-order valence-electron chi connectivity index (χ4n) is 1.40. The second kappa shape index (κ2) is 8.24. The molecule has 0 aliphatic heterocycles. The Morgan fingerprint density at radius 1 is 1.12 bits per heavy atom. The lowest BCUT2D eigenvalue weighted by Gasteiger charge is -2.14. The number of ether oxygens (including phenoxy) is 1. The number of hydrogen-bond acceptors (Lipinski definition) is 5. The summed E-state index contributed by atoms with van der Waals surface area (Å²) >= 11 is 0. The Balaban J connectivity index is 4.23. The van der Waals surface area contributed by atoms with Gasteiger partial charge in [-0.2, -0.15) is 0 Å². The Kier molecular flexibility index (Phi) is 7.76. The highest BCUT2D eigenvalue weighted by Gasteiger charge is 2.24. The van der Waals surface area contributed by atoms with Crippen molar-refractivity contribution < 1.29 is 24.5 Å². The molecule has 0 aromatic rings. The van der Waals surface area contributed by atoms with Crippen molar-refractivity contribution in [3.05, 3.63) is 0 Å². The van der Waals surface area contributed by atoms with E-state index >= 15 is 0 Å². The van der Waals surface area contributed by atoms with Crippen LogP contribution in [-0.4, -0.2) is 34.9 Å². The van der Waals surface area contributed by atoms with E-state index in [1.165, 1.54) is 0 Å². The summed E-state index contributed by atoms with van der Waals surface area (Å²) in [6.07, 6.45) is 1.35. The summed E-state index contributed by atoms with van der Waals surface area (Å²) in [5, 5.41) is 17.4. The van der Waals surface area contributed by atoms with Crippen LogP contribution in [-0.2, 0) is 14.3 Å². The molecule has 0 bridgehead atoms. The second-order valence-electron chi connectivity index (χ2n) is 3.71. The van der Waals surface area contributed by atoms with E-state index in [1.807, 2.05) is 13.8 Å². The Hall–Kier alpha value is -0.940. The number of rotatable bonds is 7. The van der Waals surface area contributed by atoms with E-state index in [2.05, 4.69) is 4.74 Å². The van der Waals surface area contributed by atoms with Gasteiger partial charge in [0.05, 0.1) is 12.5 Å². The number of aliphatic hydroxyl groups excluding tert-OH is 2. The van der Waals surface area contributed by atoms with E-state index in [4.69, 9.17) is 10.2 Å². The van der Waals surface area contributed by atoms with Gasteiger partial charge in [-0.15, -0.1) is 0 Å². The Morgan fingerprint density at radius 2 is 1.62 bits per heavy atom. The molecule has 5 heteroatoms. The van der Waals surface area contributed by atoms with E-state index < -0.39 is 24.6 Å². The van der Waals surface area contributed by atoms with Gasteiger partial charge in [-0.3, -0.25) is 4.79 Å². The fourth-order valence-corrected chi connectivity index (χ4v) is 1.40. The molecule has 0 saturated heterocycles. The van der Waals surface area contributed by atoms with Gasteiger partial charge in [-0.1, -0.05) is 26.7 Å². The third kappa shape index (κ3) is 5.23. The van der Waals surface area contributed by atoms with Crippen LogP contribution in [0.2, 0.25) is 0 Å². The minimum absolute atomic E-state index is 0.301. The molecule has 0 saturated carbocycles. The largest absolute Gasteiger partial charge is 0.393 e. The van der Waals surface area contributed by atoms with Gasteiger partial charge in [-0.25, -0.2) is 4.79 Å². The van der Waals surface area contributed by atoms with Crippen LogP contribution in [0.25, 0.3) is 0 Å². The molecular formula is C11H20O5. The van der Waals surface area contributed by atoms with Gasteiger partial charge in [0, 0.05) is 0 Å². The molecule has 16 heavy (non-hydrogen) atoms. The molecule has 1 atom stereocenters. The Labute approximate surface area is 95.4 Å². The standard InChI is InChI=1S/C11H20O5/c1-3-5-8(6-4-2)10(14)16-11(15)9(13)7-12/h8-9,12-13H,3-7H2,1-2H3. The summed E-state index contributed by atoms with van der Waals surface area (Å²) in [6.45, 7) is 3.15. The van der Waals surface area contributed by atoms with Crippen LogP contribution < -0.4 is 0 Å². The molecule has 1 unspecified atom stereocenters. The van der Waals surface area contributed by atoms with Gasteiger partial charge >= 0.3 is 11.9 Å². The van der Waals surface area contributed by atoms with Crippen molar-refractivity contribution in [2.45, 2.75) is 45.6 Å². The highest BCUT2D eigenvalue weighted by molar-refractivity contribution is 5.88. The first-order valence-corrected chi connectivity index (χ1v) is 5.61. The summed E-state index contributed by atoms with van der Waals surface area (Å²) in [4.78, 5) is 22.6. The first kappa shape index (κ1) is 15.1. The van der Waals surface area contributed by atoms with E-state index in [0.717, 1.165) is 12.8 Å². The quantitative estimate of drug-likeness (QED) is 0.496. The number of carbonyl (C=O) groups excluding carboxylic acids is 2. The van der Waals surface area contributed by atoms with Gasteiger partial charge in [0.2, 0.25) is 0 Å². The van der Waals surface area contributed by atoms with E-state index in [1.54, 1.807) is 0 Å². The summed E-state index contributed by atoms with van der Waals surface area (Å²) in [7, 11) is 0. The number of hydrogen-bond donors (Lipinski definition) is 2. The average molecular weight is 232 g/mol. The van der Waals surface area contributed by atoms with Crippen LogP contribution >= 0.6 is 0 Å². The van der Waals surface area contributed by atoms with Crippen LogP contribution in [0, 0.1) is 5.92 Å². The predicted octanol–water partition coefficient (Wildman–Crippen LogP) is 0.626. The lowest BCUT2D eigenvalue weighted by atomic mass is 9.99. The topological polar surface area (TPSA) is 83.8 Å². The van der Waals surface area contributed by atoms with E-state index in [0.29, 0.717) is 12.8 Å². The number of aliphatic hydroxyl groups is 2. The number of esters is 2. The summed E-state index contributed by atoms with van der Waals surface area (Å²) < 4.78 is 4.48. The molecular weight excluding hydrogens is 212 g/mol. The van der Waals surface area contributed by atoms with Crippen LogP contribution in [0.4, 0.5) is 0 Å². The molecule has 0 heterocycles. The minimum Gasteiger partial charge on any atom is -0.393 e. The van der Waals surface area contributed by atoms with Crippen molar-refractivity contribution in [3.8, 4) is 0 Å². The van der Waals surface area contributed by atoms with E-state index in [9.17, 15) is 9.59 Å². The zero-order valence-corrected chi connectivity index (χ0v) is 9.81. The smallest absolute Gasteiger partial charge is 0.345 e. The third-order valence-corrected chi connectivity index (χ3v) is 2.25. The van der Waals surface area contributed by atoms with Gasteiger partial charge < -0.3 is 14.9 Å². The molecule has 0 amide bonds. The first-order valence-electron chi connectivity index (χ1n) is 5.61. The molecule has 0 spiro atoms. The summed E-state index contributed by atoms with van der Waals surface area (Å²) in [5.41, 5.74) is 0. The zero-order chi connectivity index (χ0) is 12.6. The lowest BCUT2D eigenvalue weighted by molar-refractivity contribution is -0.170. The molecule has 0 aromatic heterocycles. The highest BCUT2D eigenvalue weighted by Crippen LogP contribution is 2.15. The molecule has 0 radical (unpaired) electrons. The Bertz CT molecular complexity index is 220. The maximum atomic E-state index is 11.5. The van der Waals surface area contributed by atoms with Crippen molar-refractivity contribution in [2.75, 3.05) is 6.61 Å². The molecule has 0 aliphatic rings. The lowest BCUT2D eigenvalue weighted by Crippen LogP contribution is -2.31. The van der Waals surface area contributed by atoms with Crippen LogP contribution in [0.5, 0.6) is 0 Å². The monoisotopic (exact) mass is 232 g/mol. The molecule has 0 aromatic carbocycles. The van der Waals surface area contributed by atoms with Crippen molar-refractivity contribution >= 4 is 11.9 Å². The Morgan fingerprint density at radius 3 is 2.00 bits per heavy atom. The van der Waals surface area contributed by atoms with Crippen molar-refractivity contribution in [1.82, 2.24) is 0 Å². The molecule has 0 aliphatic carbocycles. The highest BCUT2D eigenvalue weighted by atomic mass is 16.6. The predicted molar refractivity (Wildman–Crippen MR) is 57.5 cm³/mol. The van der Waals surface area contributed by atoms with Crippen molar-refractivity contribution in [2.24, 2.45) is 5.92 Å². The molecule has 0 fully saturated rings.